The fraction of sp³-hybridized carbons (Fsp3) is 0.400. The molecule has 0 amide bonds. The number of aromatic amines is 2. The summed E-state index contributed by atoms with van der Waals surface area (Å²) in [4.78, 5) is 8.13. The zero-order valence-corrected chi connectivity index (χ0v) is 14.6. The smallest absolute Gasteiger partial charge is 0.269 e. The number of H-pyrrole nitrogens is 2. The minimum absolute atomic E-state index is 0.0972. The van der Waals surface area contributed by atoms with Crippen LogP contribution in [0.1, 0.15) is 11.6 Å². The minimum Gasteiger partial charge on any atom is -0.413 e. The van der Waals surface area contributed by atoms with Crippen molar-refractivity contribution in [2.75, 3.05) is 10.6 Å². The number of nitrogens with one attached hydrogen (secondary N) is 4. The Morgan fingerprint density at radius 3 is 1.88 bits per heavy atom. The van der Waals surface area contributed by atoms with Crippen molar-refractivity contribution in [3.63, 3.8) is 0 Å². The third kappa shape index (κ3) is 4.72. The van der Waals surface area contributed by atoms with E-state index in [-0.39, 0.29) is 30.4 Å². The molecule has 3 rings (SSSR count). The molecule has 0 unspecified atom stereocenters. The molecule has 14 nitrogen and oxygen atoms in total. The lowest BCUT2D eigenvalue weighted by molar-refractivity contribution is 0.272. The van der Waals surface area contributed by atoms with Crippen LogP contribution in [0.5, 0.6) is 0 Å². The highest BCUT2D eigenvalue weighted by atomic mass is 28.3. The highest BCUT2D eigenvalue weighted by Crippen LogP contribution is 2.08. The van der Waals surface area contributed by atoms with Crippen molar-refractivity contribution in [3.8, 4) is 0 Å². The summed E-state index contributed by atoms with van der Waals surface area (Å²) in [5.41, 5.74) is 0. The van der Waals surface area contributed by atoms with Crippen molar-refractivity contribution >= 4 is 32.8 Å². The first-order valence-corrected chi connectivity index (χ1v) is 10.1. The first kappa shape index (κ1) is 16.8. The summed E-state index contributed by atoms with van der Waals surface area (Å²) < 4.78 is 5.56. The predicted octanol–water partition coefficient (Wildman–Crippen LogP) is -1.02. The quantitative estimate of drug-likeness (QED) is 0.306. The predicted molar refractivity (Wildman–Crippen MR) is 86.5 cm³/mol. The van der Waals surface area contributed by atoms with E-state index in [0.29, 0.717) is 18.3 Å². The molecule has 3 aromatic rings. The minimum atomic E-state index is -1.12. The number of hydrogen-bond acceptors (Lipinski definition) is 12. The van der Waals surface area contributed by atoms with Crippen molar-refractivity contribution in [3.05, 3.63) is 11.6 Å². The van der Waals surface area contributed by atoms with Crippen LogP contribution in [0.2, 0.25) is 13.1 Å². The van der Waals surface area contributed by atoms with Gasteiger partial charge in [-0.2, -0.15) is 9.97 Å². The maximum Gasteiger partial charge on any atom is 0.269 e. The second-order valence-corrected chi connectivity index (χ2v) is 7.46. The third-order valence-corrected chi connectivity index (χ3v) is 3.53. The summed E-state index contributed by atoms with van der Waals surface area (Å²) in [6.07, 6.45) is 0. The highest BCUT2D eigenvalue weighted by molar-refractivity contribution is 6.48. The average molecular weight is 364 g/mol. The zero-order valence-electron chi connectivity index (χ0n) is 13.4. The lowest BCUT2D eigenvalue weighted by atomic mass is 10.7. The highest BCUT2D eigenvalue weighted by Gasteiger charge is 2.09. The van der Waals surface area contributed by atoms with Crippen LogP contribution in [0.25, 0.3) is 0 Å². The van der Waals surface area contributed by atoms with Crippen LogP contribution in [0.15, 0.2) is 0 Å². The van der Waals surface area contributed by atoms with Gasteiger partial charge in [0.25, 0.3) is 11.9 Å². The van der Waals surface area contributed by atoms with Crippen LogP contribution in [0.4, 0.5) is 23.8 Å². The number of aliphatic hydroxyl groups excluding tert-OH is 1. The molecule has 0 fully saturated rings. The van der Waals surface area contributed by atoms with Gasteiger partial charge in [0.1, 0.15) is 6.61 Å². The largest absolute Gasteiger partial charge is 0.413 e. The normalized spacial score (nSPS) is 11.0. The summed E-state index contributed by atoms with van der Waals surface area (Å²) in [5, 5.41) is 42.8. The van der Waals surface area contributed by atoms with Gasteiger partial charge >= 0.3 is 0 Å². The Morgan fingerprint density at radius 1 is 0.880 bits per heavy atom. The van der Waals surface area contributed by atoms with Gasteiger partial charge in [-0.25, -0.2) is 0 Å². The van der Waals surface area contributed by atoms with Crippen molar-refractivity contribution in [2.24, 2.45) is 0 Å². The molecule has 0 aliphatic carbocycles. The average Bonchev–Trinajstić information content (AvgIpc) is 3.24. The van der Waals surface area contributed by atoms with Crippen LogP contribution in [0, 0.1) is 0 Å². The van der Waals surface area contributed by atoms with E-state index >= 15 is 0 Å². The molecule has 132 valence electrons. The molecule has 25 heavy (non-hydrogen) atoms. The van der Waals surface area contributed by atoms with Gasteiger partial charge < -0.3 is 9.53 Å². The summed E-state index contributed by atoms with van der Waals surface area (Å²) in [6, 6.07) is 0. The second kappa shape index (κ2) is 7.68. The number of aromatic nitrogens is 10. The van der Waals surface area contributed by atoms with E-state index in [9.17, 15) is 0 Å². The Kier molecular flexibility index (Phi) is 5.16. The van der Waals surface area contributed by atoms with Crippen LogP contribution in [-0.4, -0.2) is 64.9 Å². The van der Waals surface area contributed by atoms with Gasteiger partial charge in [-0.1, -0.05) is 0 Å². The van der Waals surface area contributed by atoms with Gasteiger partial charge in [-0.3, -0.25) is 20.8 Å². The molecule has 3 aromatic heterocycles. The van der Waals surface area contributed by atoms with Crippen molar-refractivity contribution in [2.45, 2.75) is 26.3 Å². The van der Waals surface area contributed by atoms with Gasteiger partial charge in [0.15, 0.2) is 20.7 Å². The van der Waals surface area contributed by atoms with E-state index in [2.05, 4.69) is 74.5 Å². The number of anilines is 4. The Labute approximate surface area is 142 Å². The third-order valence-electron chi connectivity index (χ3n) is 2.69. The fourth-order valence-corrected chi connectivity index (χ4v) is 2.10. The fourth-order valence-electron chi connectivity index (χ4n) is 1.61. The van der Waals surface area contributed by atoms with Gasteiger partial charge in [-0.15, -0.1) is 30.6 Å². The molecule has 15 heteroatoms. The van der Waals surface area contributed by atoms with Crippen LogP contribution in [-0.2, 0) is 17.6 Å². The van der Waals surface area contributed by atoms with Crippen molar-refractivity contribution in [1.29, 1.82) is 0 Å². The maximum absolute atomic E-state index is 8.91. The number of nitrogens with zero attached hydrogens (tertiary/aromatic N) is 8. The number of hydrogen-bond donors (Lipinski definition) is 5. The summed E-state index contributed by atoms with van der Waals surface area (Å²) in [7, 11) is -1.12. The monoisotopic (exact) mass is 364 g/mol. The SMILES string of the molecule is C[SiH](C)OCc1nc(Nc2nnc(Nc3n[nH]c(CO)n3)nn2)n[nH]1. The van der Waals surface area contributed by atoms with Crippen molar-refractivity contribution < 1.29 is 9.53 Å². The Morgan fingerprint density at radius 2 is 1.40 bits per heavy atom. The molecule has 0 saturated heterocycles. The molecular weight excluding hydrogens is 348 g/mol. The second-order valence-electron chi connectivity index (χ2n) is 5.03. The number of rotatable bonds is 8. The van der Waals surface area contributed by atoms with Gasteiger partial charge in [0.2, 0.25) is 11.9 Å². The maximum atomic E-state index is 8.91. The Bertz CT molecular complexity index is 802. The van der Waals surface area contributed by atoms with E-state index in [1.165, 1.54) is 0 Å². The molecule has 0 aromatic carbocycles. The zero-order chi connectivity index (χ0) is 17.6. The van der Waals surface area contributed by atoms with Gasteiger partial charge in [0, 0.05) is 0 Å². The first-order chi connectivity index (χ1) is 12.1. The molecule has 0 aliphatic heterocycles. The number of aliphatic hydroxyl groups is 1. The van der Waals surface area contributed by atoms with E-state index in [4.69, 9.17) is 9.53 Å². The topological polar surface area (TPSA) is 188 Å². The lowest BCUT2D eigenvalue weighted by Crippen LogP contribution is -2.08. The molecular formula is C10H16N12O2Si. The molecule has 5 N–H and O–H groups in total. The molecule has 0 atom stereocenters. The summed E-state index contributed by atoms with van der Waals surface area (Å²) >= 11 is 0. The Hall–Kier alpha value is -3.04. The van der Waals surface area contributed by atoms with Gasteiger partial charge in [0.05, 0.1) is 6.61 Å². The van der Waals surface area contributed by atoms with E-state index in [1.54, 1.807) is 0 Å². The van der Waals surface area contributed by atoms with Crippen LogP contribution in [0.3, 0.4) is 0 Å². The van der Waals surface area contributed by atoms with Crippen LogP contribution < -0.4 is 10.6 Å². The van der Waals surface area contributed by atoms with E-state index in [1.807, 2.05) is 0 Å². The Balaban J connectivity index is 1.57. The summed E-state index contributed by atoms with van der Waals surface area (Å²) in [6.45, 7) is 4.27. The van der Waals surface area contributed by atoms with Crippen LogP contribution >= 0.6 is 0 Å². The molecule has 0 radical (unpaired) electrons. The summed E-state index contributed by atoms with van der Waals surface area (Å²) in [5.74, 6) is 1.62. The standard InChI is InChI=1S/C10H16N12O2Si/c1-25(2)24-4-6-12-8(18-16-6)14-10-21-19-9(20-22-10)13-7-11-5(3-23)15-17-7/h23,25H,3-4H2,1-2H3,(H2,11,13,15,17,19,20)(H2,12,14,16,18,21,22). The lowest BCUT2D eigenvalue weighted by Gasteiger charge is -2.02. The molecule has 0 bridgehead atoms. The van der Waals surface area contributed by atoms with E-state index in [0.717, 1.165) is 0 Å². The molecule has 0 aliphatic rings. The van der Waals surface area contributed by atoms with E-state index < -0.39 is 9.04 Å². The molecule has 3 heterocycles. The first-order valence-electron chi connectivity index (χ1n) is 7.29. The molecule has 0 spiro atoms. The van der Waals surface area contributed by atoms with Crippen molar-refractivity contribution in [1.82, 2.24) is 50.8 Å². The van der Waals surface area contributed by atoms with Gasteiger partial charge in [-0.05, 0) is 13.1 Å². The molecule has 0 saturated carbocycles.